The van der Waals surface area contributed by atoms with Crippen LogP contribution in [0, 0.1) is 16.0 Å². The molecule has 3 rings (SSSR count). The van der Waals surface area contributed by atoms with Gasteiger partial charge in [0.15, 0.2) is 0 Å². The Morgan fingerprint density at radius 1 is 1.28 bits per heavy atom. The highest BCUT2D eigenvalue weighted by Crippen LogP contribution is 2.34. The highest BCUT2D eigenvalue weighted by Gasteiger charge is 2.31. The van der Waals surface area contributed by atoms with E-state index < -0.39 is 14.9 Å². The number of nitro benzene ring substituents is 1. The summed E-state index contributed by atoms with van der Waals surface area (Å²) in [5.74, 6) is 0.613. The SMILES string of the molecule is CNS(=O)(=O)c1ccc(N2CCC(C3CCCN3)CC2)c([N+](=O)[O-])c1. The second-order valence-electron chi connectivity index (χ2n) is 6.64. The molecule has 2 N–H and O–H groups in total. The Hall–Kier alpha value is -1.71. The van der Waals surface area contributed by atoms with Gasteiger partial charge in [-0.1, -0.05) is 0 Å². The van der Waals surface area contributed by atoms with E-state index in [2.05, 4.69) is 10.0 Å². The van der Waals surface area contributed by atoms with Crippen molar-refractivity contribution in [2.75, 3.05) is 31.6 Å². The van der Waals surface area contributed by atoms with Crippen LogP contribution in [-0.4, -0.2) is 46.1 Å². The highest BCUT2D eigenvalue weighted by atomic mass is 32.2. The van der Waals surface area contributed by atoms with E-state index in [-0.39, 0.29) is 10.6 Å². The van der Waals surface area contributed by atoms with Gasteiger partial charge in [-0.25, -0.2) is 13.1 Å². The molecule has 2 aliphatic rings. The van der Waals surface area contributed by atoms with Gasteiger partial charge in [-0.05, 0) is 57.3 Å². The van der Waals surface area contributed by atoms with E-state index >= 15 is 0 Å². The van der Waals surface area contributed by atoms with Gasteiger partial charge in [-0.2, -0.15) is 0 Å². The quantitative estimate of drug-likeness (QED) is 0.602. The van der Waals surface area contributed by atoms with Crippen LogP contribution in [0.3, 0.4) is 0 Å². The molecule has 0 amide bonds. The Kier molecular flexibility index (Phi) is 5.26. The first kappa shape index (κ1) is 18.1. The van der Waals surface area contributed by atoms with Gasteiger partial charge in [0.1, 0.15) is 5.69 Å². The minimum atomic E-state index is -3.70. The van der Waals surface area contributed by atoms with Crippen molar-refractivity contribution in [3.8, 4) is 0 Å². The summed E-state index contributed by atoms with van der Waals surface area (Å²) >= 11 is 0. The standard InChI is InChI=1S/C16H24N4O4S/c1-17-25(23,24)13-4-5-15(16(11-13)20(21)22)19-9-6-12(7-10-19)14-3-2-8-18-14/h4-5,11-12,14,17-18H,2-3,6-10H2,1H3. The van der Waals surface area contributed by atoms with E-state index in [0.29, 0.717) is 17.6 Å². The van der Waals surface area contributed by atoms with Crippen molar-refractivity contribution in [1.82, 2.24) is 10.0 Å². The van der Waals surface area contributed by atoms with Crippen LogP contribution in [0.5, 0.6) is 0 Å². The first-order chi connectivity index (χ1) is 11.9. The lowest BCUT2D eigenvalue weighted by atomic mass is 9.88. The van der Waals surface area contributed by atoms with Crippen LogP contribution in [-0.2, 0) is 10.0 Å². The number of hydrogen-bond donors (Lipinski definition) is 2. The number of nitrogens with one attached hydrogen (secondary N) is 2. The van der Waals surface area contributed by atoms with E-state index in [0.717, 1.165) is 38.5 Å². The molecule has 0 spiro atoms. The van der Waals surface area contributed by atoms with Crippen LogP contribution in [0.15, 0.2) is 23.1 Å². The lowest BCUT2D eigenvalue weighted by Gasteiger charge is -2.36. The number of sulfonamides is 1. The number of nitrogens with zero attached hydrogens (tertiary/aromatic N) is 2. The fourth-order valence-corrected chi connectivity index (χ4v) is 4.61. The van der Waals surface area contributed by atoms with Gasteiger partial charge in [0.05, 0.1) is 9.82 Å². The molecule has 1 unspecified atom stereocenters. The van der Waals surface area contributed by atoms with Crippen LogP contribution in [0.4, 0.5) is 11.4 Å². The summed E-state index contributed by atoms with van der Waals surface area (Å²) in [6, 6.07) is 4.70. The highest BCUT2D eigenvalue weighted by molar-refractivity contribution is 7.89. The fraction of sp³-hybridized carbons (Fsp3) is 0.625. The molecule has 2 aliphatic heterocycles. The van der Waals surface area contributed by atoms with Gasteiger partial charge in [0.2, 0.25) is 10.0 Å². The molecule has 138 valence electrons. The topological polar surface area (TPSA) is 105 Å². The number of nitro groups is 1. The molecule has 0 radical (unpaired) electrons. The third-order valence-corrected chi connectivity index (χ3v) is 6.68. The van der Waals surface area contributed by atoms with E-state index in [1.807, 2.05) is 4.90 Å². The van der Waals surface area contributed by atoms with Gasteiger partial charge >= 0.3 is 0 Å². The van der Waals surface area contributed by atoms with Crippen molar-refractivity contribution in [2.24, 2.45) is 5.92 Å². The van der Waals surface area contributed by atoms with Crippen LogP contribution < -0.4 is 14.9 Å². The summed E-state index contributed by atoms with van der Waals surface area (Å²) in [6.45, 7) is 2.58. The van der Waals surface area contributed by atoms with Crippen molar-refractivity contribution in [3.63, 3.8) is 0 Å². The van der Waals surface area contributed by atoms with Crippen LogP contribution in [0.25, 0.3) is 0 Å². The zero-order valence-corrected chi connectivity index (χ0v) is 15.1. The molecule has 8 nitrogen and oxygen atoms in total. The Bertz CT molecular complexity index is 739. The van der Waals surface area contributed by atoms with Crippen LogP contribution in [0.2, 0.25) is 0 Å². The minimum Gasteiger partial charge on any atom is -0.366 e. The molecule has 2 fully saturated rings. The third-order valence-electron chi connectivity index (χ3n) is 5.27. The summed E-state index contributed by atoms with van der Waals surface area (Å²) in [6.07, 6.45) is 4.41. The number of hydrogen-bond acceptors (Lipinski definition) is 6. The molecule has 1 aromatic rings. The van der Waals surface area contributed by atoms with Gasteiger partial charge in [0.25, 0.3) is 5.69 Å². The molecule has 25 heavy (non-hydrogen) atoms. The van der Waals surface area contributed by atoms with Gasteiger partial charge in [-0.3, -0.25) is 10.1 Å². The molecule has 0 aromatic heterocycles. The molecule has 9 heteroatoms. The molecule has 0 aliphatic carbocycles. The summed E-state index contributed by atoms with van der Waals surface area (Å²) in [7, 11) is -2.41. The van der Waals surface area contributed by atoms with E-state index in [9.17, 15) is 18.5 Å². The average Bonchev–Trinajstić information content (AvgIpc) is 3.16. The molecule has 0 bridgehead atoms. The first-order valence-electron chi connectivity index (χ1n) is 8.62. The zero-order valence-electron chi connectivity index (χ0n) is 14.3. The Labute approximate surface area is 147 Å². The maximum atomic E-state index is 11.9. The molecular formula is C16H24N4O4S. The minimum absolute atomic E-state index is 0.0875. The lowest BCUT2D eigenvalue weighted by Crippen LogP contribution is -2.41. The molecule has 1 aromatic carbocycles. The summed E-state index contributed by atoms with van der Waals surface area (Å²) < 4.78 is 26.0. The van der Waals surface area contributed by atoms with E-state index in [4.69, 9.17) is 0 Å². The van der Waals surface area contributed by atoms with Gasteiger partial charge < -0.3 is 10.2 Å². The molecular weight excluding hydrogens is 344 g/mol. The van der Waals surface area contributed by atoms with Crippen molar-refractivity contribution < 1.29 is 13.3 Å². The van der Waals surface area contributed by atoms with E-state index in [1.165, 1.54) is 26.0 Å². The second kappa shape index (κ2) is 7.27. The molecule has 2 heterocycles. The maximum absolute atomic E-state index is 11.9. The lowest BCUT2D eigenvalue weighted by molar-refractivity contribution is -0.384. The van der Waals surface area contributed by atoms with Gasteiger partial charge in [-0.15, -0.1) is 0 Å². The first-order valence-corrected chi connectivity index (χ1v) is 10.1. The normalized spacial score (nSPS) is 22.3. The number of anilines is 1. The number of piperidine rings is 1. The van der Waals surface area contributed by atoms with Crippen molar-refractivity contribution in [2.45, 2.75) is 36.6 Å². The Balaban J connectivity index is 1.79. The smallest absolute Gasteiger partial charge is 0.293 e. The van der Waals surface area contributed by atoms with Crippen molar-refractivity contribution >= 4 is 21.4 Å². The third kappa shape index (κ3) is 3.78. The predicted molar refractivity (Wildman–Crippen MR) is 95.3 cm³/mol. The molecule has 0 saturated carbocycles. The predicted octanol–water partition coefficient (Wildman–Crippen LogP) is 1.47. The maximum Gasteiger partial charge on any atom is 0.293 e. The fourth-order valence-electron chi connectivity index (χ4n) is 3.86. The molecule has 1 atom stereocenters. The monoisotopic (exact) mass is 368 g/mol. The van der Waals surface area contributed by atoms with Crippen molar-refractivity contribution in [1.29, 1.82) is 0 Å². The Morgan fingerprint density at radius 3 is 2.56 bits per heavy atom. The van der Waals surface area contributed by atoms with Crippen LogP contribution in [0.1, 0.15) is 25.7 Å². The van der Waals surface area contributed by atoms with Crippen molar-refractivity contribution in [3.05, 3.63) is 28.3 Å². The zero-order chi connectivity index (χ0) is 18.0. The summed E-state index contributed by atoms with van der Waals surface area (Å²) in [4.78, 5) is 12.9. The van der Waals surface area contributed by atoms with Crippen LogP contribution >= 0.6 is 0 Å². The summed E-state index contributed by atoms with van der Waals surface area (Å²) in [5, 5.41) is 15.0. The largest absolute Gasteiger partial charge is 0.366 e. The number of benzene rings is 1. The number of rotatable bonds is 5. The van der Waals surface area contributed by atoms with E-state index in [1.54, 1.807) is 6.07 Å². The van der Waals surface area contributed by atoms with Gasteiger partial charge in [0, 0.05) is 25.2 Å². The average molecular weight is 368 g/mol. The second-order valence-corrected chi connectivity index (χ2v) is 8.53. The molecule has 2 saturated heterocycles. The Morgan fingerprint density at radius 2 is 2.00 bits per heavy atom. The summed E-state index contributed by atoms with van der Waals surface area (Å²) in [5.41, 5.74) is 0.339.